The summed E-state index contributed by atoms with van der Waals surface area (Å²) in [4.78, 5) is 0. The number of nitrogens with two attached hydrogens (primary N) is 1. The number of rotatable bonds is 0. The molecule has 3 aromatic carbocycles. The zero-order valence-electron chi connectivity index (χ0n) is 14.4. The number of hydrogen-bond acceptors (Lipinski definition) is 1. The van der Waals surface area contributed by atoms with Crippen LogP contribution in [0.3, 0.4) is 0 Å². The van der Waals surface area contributed by atoms with Crippen molar-refractivity contribution >= 4 is 5.57 Å². The fraction of sp³-hybridized carbons (Fsp3) is 0.120. The van der Waals surface area contributed by atoms with E-state index in [4.69, 9.17) is 5.73 Å². The van der Waals surface area contributed by atoms with E-state index in [0.29, 0.717) is 5.92 Å². The van der Waals surface area contributed by atoms with Crippen molar-refractivity contribution in [2.75, 3.05) is 0 Å². The van der Waals surface area contributed by atoms with Crippen molar-refractivity contribution in [2.45, 2.75) is 11.8 Å². The molecule has 3 aliphatic rings. The maximum atomic E-state index is 6.52. The van der Waals surface area contributed by atoms with Crippen LogP contribution in [0.5, 0.6) is 0 Å². The molecule has 0 aliphatic heterocycles. The van der Waals surface area contributed by atoms with Crippen LogP contribution in [0.1, 0.15) is 28.7 Å². The van der Waals surface area contributed by atoms with E-state index in [0.717, 1.165) is 12.1 Å². The Hall–Kier alpha value is -3.06. The van der Waals surface area contributed by atoms with Gasteiger partial charge in [0.1, 0.15) is 0 Å². The zero-order chi connectivity index (χ0) is 17.3. The molecular formula is C25H19N. The van der Waals surface area contributed by atoms with Crippen molar-refractivity contribution in [3.05, 3.63) is 113 Å². The van der Waals surface area contributed by atoms with E-state index in [9.17, 15) is 0 Å². The molecule has 124 valence electrons. The van der Waals surface area contributed by atoms with Gasteiger partial charge in [0.25, 0.3) is 0 Å². The van der Waals surface area contributed by atoms with Crippen LogP contribution in [-0.2, 0) is 5.41 Å². The second-order valence-electron chi connectivity index (χ2n) is 7.50. The Labute approximate surface area is 153 Å². The normalized spacial score (nSPS) is 20.7. The summed E-state index contributed by atoms with van der Waals surface area (Å²) in [5.74, 6) is 0.356. The monoisotopic (exact) mass is 333 g/mol. The summed E-state index contributed by atoms with van der Waals surface area (Å²) in [5, 5.41) is 0. The summed E-state index contributed by atoms with van der Waals surface area (Å²) in [6.07, 6.45) is 5.36. The molecule has 1 nitrogen and oxygen atoms in total. The number of hydrogen-bond donors (Lipinski definition) is 1. The summed E-state index contributed by atoms with van der Waals surface area (Å²) >= 11 is 0. The molecule has 26 heavy (non-hydrogen) atoms. The van der Waals surface area contributed by atoms with Crippen molar-refractivity contribution in [2.24, 2.45) is 11.7 Å². The molecule has 0 fully saturated rings. The molecule has 1 atom stereocenters. The molecule has 0 saturated heterocycles. The van der Waals surface area contributed by atoms with E-state index >= 15 is 0 Å². The van der Waals surface area contributed by atoms with Crippen LogP contribution in [0.2, 0.25) is 0 Å². The van der Waals surface area contributed by atoms with E-state index < -0.39 is 0 Å². The third-order valence-electron chi connectivity index (χ3n) is 6.49. The van der Waals surface area contributed by atoms with Crippen LogP contribution in [0, 0.1) is 5.92 Å². The third kappa shape index (κ3) is 1.44. The first-order chi connectivity index (χ1) is 12.8. The van der Waals surface area contributed by atoms with E-state index in [1.165, 1.54) is 39.0 Å². The average Bonchev–Trinajstić information content (AvgIpc) is 3.16. The Morgan fingerprint density at radius 2 is 1.19 bits per heavy atom. The van der Waals surface area contributed by atoms with Gasteiger partial charge < -0.3 is 5.73 Å². The first-order valence-corrected chi connectivity index (χ1v) is 9.29. The third-order valence-corrected chi connectivity index (χ3v) is 6.49. The number of benzene rings is 3. The summed E-state index contributed by atoms with van der Waals surface area (Å²) in [6, 6.07) is 26.7. The minimum atomic E-state index is -0.130. The fourth-order valence-corrected chi connectivity index (χ4v) is 5.66. The van der Waals surface area contributed by atoms with Crippen molar-refractivity contribution < 1.29 is 0 Å². The van der Waals surface area contributed by atoms with E-state index in [1.54, 1.807) is 0 Å². The van der Waals surface area contributed by atoms with Crippen LogP contribution in [0.15, 0.2) is 90.6 Å². The minimum Gasteiger partial charge on any atom is -0.398 e. The standard InChI is InChI=1S/C25H19N/c26-23-15-7-14-22-24(23)18-10-3-6-13-21(18)25(22)19-11-4-1-8-16(19)17-9-2-5-12-20(17)25/h1-13,15,22H,14,26H2. The van der Waals surface area contributed by atoms with Gasteiger partial charge in [0.15, 0.2) is 0 Å². The van der Waals surface area contributed by atoms with E-state index in [2.05, 4.69) is 84.9 Å². The van der Waals surface area contributed by atoms with E-state index in [-0.39, 0.29) is 5.41 Å². The maximum absolute atomic E-state index is 6.52. The van der Waals surface area contributed by atoms with Gasteiger partial charge in [-0.25, -0.2) is 0 Å². The lowest BCUT2D eigenvalue weighted by atomic mass is 9.65. The van der Waals surface area contributed by atoms with Crippen molar-refractivity contribution in [1.82, 2.24) is 0 Å². The molecule has 6 rings (SSSR count). The second kappa shape index (κ2) is 4.76. The van der Waals surface area contributed by atoms with Gasteiger partial charge in [-0.1, -0.05) is 78.9 Å². The largest absolute Gasteiger partial charge is 0.398 e. The summed E-state index contributed by atoms with van der Waals surface area (Å²) in [5.41, 5.74) is 17.0. The lowest BCUT2D eigenvalue weighted by molar-refractivity contribution is 0.493. The zero-order valence-corrected chi connectivity index (χ0v) is 14.4. The highest BCUT2D eigenvalue weighted by Crippen LogP contribution is 2.65. The molecule has 0 aromatic heterocycles. The van der Waals surface area contributed by atoms with Gasteiger partial charge in [-0.15, -0.1) is 0 Å². The van der Waals surface area contributed by atoms with Crippen LogP contribution >= 0.6 is 0 Å². The molecule has 1 spiro atoms. The quantitative estimate of drug-likeness (QED) is 0.596. The topological polar surface area (TPSA) is 26.0 Å². The highest BCUT2D eigenvalue weighted by molar-refractivity contribution is 5.93. The molecule has 1 heteroatoms. The molecule has 0 heterocycles. The lowest BCUT2D eigenvalue weighted by Crippen LogP contribution is -2.33. The molecule has 2 N–H and O–H groups in total. The van der Waals surface area contributed by atoms with Gasteiger partial charge in [0.2, 0.25) is 0 Å². The number of fused-ring (bicyclic) bond motifs is 10. The van der Waals surface area contributed by atoms with Crippen molar-refractivity contribution in [1.29, 1.82) is 0 Å². The summed E-state index contributed by atoms with van der Waals surface area (Å²) in [7, 11) is 0. The van der Waals surface area contributed by atoms with Gasteiger partial charge >= 0.3 is 0 Å². The SMILES string of the molecule is NC1=C2c3ccccc3C3(c4ccccc4-c4ccccc43)C2CC=C1. The first kappa shape index (κ1) is 14.1. The Balaban J connectivity index is 1.83. The van der Waals surface area contributed by atoms with Crippen molar-refractivity contribution in [3.63, 3.8) is 0 Å². The Bertz CT molecular complexity index is 1090. The highest BCUT2D eigenvalue weighted by Gasteiger charge is 2.56. The highest BCUT2D eigenvalue weighted by atomic mass is 14.6. The predicted molar refractivity (Wildman–Crippen MR) is 107 cm³/mol. The Morgan fingerprint density at radius 3 is 1.81 bits per heavy atom. The Kier molecular flexibility index (Phi) is 2.59. The molecule has 0 radical (unpaired) electrons. The predicted octanol–water partition coefficient (Wildman–Crippen LogP) is 5.26. The molecule has 3 aromatic rings. The van der Waals surface area contributed by atoms with Gasteiger partial charge in [-0.2, -0.15) is 0 Å². The van der Waals surface area contributed by atoms with Crippen LogP contribution in [0.4, 0.5) is 0 Å². The van der Waals surface area contributed by atoms with Crippen LogP contribution < -0.4 is 5.73 Å². The molecule has 1 unspecified atom stereocenters. The number of allylic oxidation sites excluding steroid dienone is 3. The average molecular weight is 333 g/mol. The first-order valence-electron chi connectivity index (χ1n) is 9.29. The fourth-order valence-electron chi connectivity index (χ4n) is 5.66. The maximum Gasteiger partial charge on any atom is 0.0541 e. The van der Waals surface area contributed by atoms with Crippen LogP contribution in [-0.4, -0.2) is 0 Å². The summed E-state index contributed by atoms with van der Waals surface area (Å²) in [6.45, 7) is 0. The van der Waals surface area contributed by atoms with Crippen molar-refractivity contribution in [3.8, 4) is 11.1 Å². The smallest absolute Gasteiger partial charge is 0.0541 e. The van der Waals surface area contributed by atoms with Gasteiger partial charge in [0.05, 0.1) is 5.41 Å². The molecular weight excluding hydrogens is 314 g/mol. The molecule has 0 saturated carbocycles. The molecule has 0 amide bonds. The van der Waals surface area contributed by atoms with Gasteiger partial charge in [0, 0.05) is 11.6 Å². The molecule has 3 aliphatic carbocycles. The summed E-state index contributed by atoms with van der Waals surface area (Å²) < 4.78 is 0. The van der Waals surface area contributed by atoms with Gasteiger partial charge in [-0.3, -0.25) is 0 Å². The lowest BCUT2D eigenvalue weighted by Gasteiger charge is -2.36. The Morgan fingerprint density at radius 1 is 0.692 bits per heavy atom. The second-order valence-corrected chi connectivity index (χ2v) is 7.50. The molecule has 0 bridgehead atoms. The van der Waals surface area contributed by atoms with Gasteiger partial charge in [-0.05, 0) is 51.5 Å². The van der Waals surface area contributed by atoms with Crippen LogP contribution in [0.25, 0.3) is 16.7 Å². The minimum absolute atomic E-state index is 0.130. The van der Waals surface area contributed by atoms with E-state index in [1.807, 2.05) is 0 Å².